The number of nitrogens with one attached hydrogen (secondary N) is 1. The minimum Gasteiger partial charge on any atom is -0.449 e. The van der Waals surface area contributed by atoms with Crippen LogP contribution in [0.15, 0.2) is 0 Å². The lowest BCUT2D eigenvalue weighted by Gasteiger charge is -2.29. The summed E-state index contributed by atoms with van der Waals surface area (Å²) in [5.41, 5.74) is 4.23. The standard InChI is InChI=1S/C12H24N2O5/c1-8(2)14-11(17)19-7-12(4,5-9(3)15)6-18-10(13)16/h8-9,15H,5-7H2,1-4H3,(H2,13,16)(H,14,17)/t9-,12-/m0/s1. The molecule has 0 fully saturated rings. The Labute approximate surface area is 113 Å². The van der Waals surface area contributed by atoms with E-state index in [-0.39, 0.29) is 19.3 Å². The van der Waals surface area contributed by atoms with Gasteiger partial charge in [0.25, 0.3) is 0 Å². The van der Waals surface area contributed by atoms with Crippen molar-refractivity contribution in [3.8, 4) is 0 Å². The SMILES string of the molecule is CC(C)NC(=O)OC[C@](C)(COC(N)=O)C[C@H](C)O. The van der Waals surface area contributed by atoms with Gasteiger partial charge < -0.3 is 25.6 Å². The Bertz CT molecular complexity index is 306. The molecular weight excluding hydrogens is 252 g/mol. The number of rotatable bonds is 7. The number of hydrogen-bond donors (Lipinski definition) is 3. The molecule has 0 aromatic rings. The maximum atomic E-state index is 11.4. The number of aliphatic hydroxyl groups excluding tert-OH is 1. The third kappa shape index (κ3) is 9.12. The summed E-state index contributed by atoms with van der Waals surface area (Å²) in [6.07, 6.45) is -1.75. The molecule has 0 spiro atoms. The zero-order valence-corrected chi connectivity index (χ0v) is 11.9. The molecule has 4 N–H and O–H groups in total. The maximum Gasteiger partial charge on any atom is 0.407 e. The van der Waals surface area contributed by atoms with Crippen molar-refractivity contribution in [2.24, 2.45) is 11.1 Å². The van der Waals surface area contributed by atoms with Gasteiger partial charge in [0.15, 0.2) is 0 Å². The van der Waals surface area contributed by atoms with Gasteiger partial charge in [-0.05, 0) is 27.2 Å². The van der Waals surface area contributed by atoms with Crippen LogP contribution in [0, 0.1) is 5.41 Å². The Morgan fingerprint density at radius 1 is 1.26 bits per heavy atom. The van der Waals surface area contributed by atoms with E-state index in [0.29, 0.717) is 6.42 Å². The van der Waals surface area contributed by atoms with Gasteiger partial charge in [0.1, 0.15) is 13.2 Å². The first-order valence-electron chi connectivity index (χ1n) is 6.18. The number of primary amides is 1. The van der Waals surface area contributed by atoms with Crippen LogP contribution in [-0.2, 0) is 9.47 Å². The van der Waals surface area contributed by atoms with E-state index in [2.05, 4.69) is 5.32 Å². The van der Waals surface area contributed by atoms with Crippen molar-refractivity contribution >= 4 is 12.2 Å². The lowest BCUT2D eigenvalue weighted by Crippen LogP contribution is -2.38. The molecule has 0 aromatic carbocycles. The summed E-state index contributed by atoms with van der Waals surface area (Å²) in [4.78, 5) is 22.0. The molecule has 0 aliphatic rings. The summed E-state index contributed by atoms with van der Waals surface area (Å²) < 4.78 is 9.80. The Kier molecular flexibility index (Phi) is 7.21. The highest BCUT2D eigenvalue weighted by molar-refractivity contribution is 5.67. The fraction of sp³-hybridized carbons (Fsp3) is 0.833. The third-order valence-electron chi connectivity index (χ3n) is 2.31. The van der Waals surface area contributed by atoms with Crippen molar-refractivity contribution < 1.29 is 24.2 Å². The van der Waals surface area contributed by atoms with Crippen molar-refractivity contribution in [3.63, 3.8) is 0 Å². The van der Waals surface area contributed by atoms with Gasteiger partial charge in [0.05, 0.1) is 6.10 Å². The number of alkyl carbamates (subject to hydrolysis) is 1. The summed E-state index contributed by atoms with van der Waals surface area (Å²) in [5, 5.41) is 12.0. The molecule has 112 valence electrons. The summed E-state index contributed by atoms with van der Waals surface area (Å²) in [5.74, 6) is 0. The highest BCUT2D eigenvalue weighted by Crippen LogP contribution is 2.24. The van der Waals surface area contributed by atoms with E-state index in [9.17, 15) is 14.7 Å². The first kappa shape index (κ1) is 17.5. The summed E-state index contributed by atoms with van der Waals surface area (Å²) in [7, 11) is 0. The molecule has 0 saturated carbocycles. The maximum absolute atomic E-state index is 11.4. The normalized spacial score (nSPS) is 15.5. The first-order chi connectivity index (χ1) is 8.64. The largest absolute Gasteiger partial charge is 0.449 e. The predicted octanol–water partition coefficient (Wildman–Crippen LogP) is 0.994. The smallest absolute Gasteiger partial charge is 0.407 e. The zero-order valence-electron chi connectivity index (χ0n) is 11.9. The van der Waals surface area contributed by atoms with E-state index in [0.717, 1.165) is 0 Å². The minimum atomic E-state index is -0.900. The van der Waals surface area contributed by atoms with Crippen LogP contribution in [0.2, 0.25) is 0 Å². The van der Waals surface area contributed by atoms with Crippen LogP contribution in [0.3, 0.4) is 0 Å². The van der Waals surface area contributed by atoms with E-state index in [1.54, 1.807) is 13.8 Å². The zero-order chi connectivity index (χ0) is 15.1. The van der Waals surface area contributed by atoms with Gasteiger partial charge in [-0.2, -0.15) is 0 Å². The van der Waals surface area contributed by atoms with E-state index in [4.69, 9.17) is 15.2 Å². The Hall–Kier alpha value is -1.50. The van der Waals surface area contributed by atoms with Crippen LogP contribution in [0.4, 0.5) is 9.59 Å². The minimum absolute atomic E-state index is 0.0176. The molecule has 0 heterocycles. The molecule has 2 amide bonds. The molecular formula is C12H24N2O5. The molecule has 0 rings (SSSR count). The van der Waals surface area contributed by atoms with Gasteiger partial charge >= 0.3 is 12.2 Å². The molecule has 0 radical (unpaired) electrons. The fourth-order valence-electron chi connectivity index (χ4n) is 1.64. The van der Waals surface area contributed by atoms with E-state index >= 15 is 0 Å². The van der Waals surface area contributed by atoms with Gasteiger partial charge in [-0.15, -0.1) is 0 Å². The predicted molar refractivity (Wildman–Crippen MR) is 69.6 cm³/mol. The molecule has 7 nitrogen and oxygen atoms in total. The number of hydrogen-bond acceptors (Lipinski definition) is 5. The molecule has 7 heteroatoms. The second-order valence-corrected chi connectivity index (χ2v) is 5.35. The molecule has 0 unspecified atom stereocenters. The number of ether oxygens (including phenoxy) is 2. The van der Waals surface area contributed by atoms with Crippen molar-refractivity contribution in [1.82, 2.24) is 5.32 Å². The molecule has 0 saturated heterocycles. The van der Waals surface area contributed by atoms with Crippen molar-refractivity contribution in [1.29, 1.82) is 0 Å². The molecule has 0 aliphatic heterocycles. The topological polar surface area (TPSA) is 111 Å². The summed E-state index contributed by atoms with van der Waals surface area (Å²) in [6, 6.07) is -0.0302. The molecule has 0 aliphatic carbocycles. The van der Waals surface area contributed by atoms with Crippen LogP contribution in [0.5, 0.6) is 0 Å². The average molecular weight is 276 g/mol. The monoisotopic (exact) mass is 276 g/mol. The van der Waals surface area contributed by atoms with Crippen LogP contribution in [0.1, 0.15) is 34.1 Å². The van der Waals surface area contributed by atoms with Gasteiger partial charge in [-0.25, -0.2) is 9.59 Å². The van der Waals surface area contributed by atoms with E-state index < -0.39 is 23.7 Å². The second kappa shape index (κ2) is 7.83. The number of carbonyl (C=O) groups is 2. The van der Waals surface area contributed by atoms with Crippen molar-refractivity contribution in [2.45, 2.75) is 46.3 Å². The van der Waals surface area contributed by atoms with Crippen molar-refractivity contribution in [2.75, 3.05) is 13.2 Å². The lowest BCUT2D eigenvalue weighted by atomic mass is 9.86. The highest BCUT2D eigenvalue weighted by Gasteiger charge is 2.30. The summed E-state index contributed by atoms with van der Waals surface area (Å²) in [6.45, 7) is 6.97. The number of aliphatic hydroxyl groups is 1. The second-order valence-electron chi connectivity index (χ2n) is 5.35. The average Bonchev–Trinajstić information content (AvgIpc) is 2.22. The Morgan fingerprint density at radius 3 is 2.21 bits per heavy atom. The van der Waals surface area contributed by atoms with Crippen LogP contribution in [-0.4, -0.2) is 42.7 Å². The van der Waals surface area contributed by atoms with Crippen LogP contribution in [0.25, 0.3) is 0 Å². The van der Waals surface area contributed by atoms with Gasteiger partial charge in [-0.1, -0.05) is 6.92 Å². The number of carbonyl (C=O) groups excluding carboxylic acids is 2. The molecule has 19 heavy (non-hydrogen) atoms. The number of amides is 2. The lowest BCUT2D eigenvalue weighted by molar-refractivity contribution is 0.00790. The van der Waals surface area contributed by atoms with Crippen LogP contribution < -0.4 is 11.1 Å². The van der Waals surface area contributed by atoms with Gasteiger partial charge in [0.2, 0.25) is 0 Å². The van der Waals surface area contributed by atoms with Gasteiger partial charge in [-0.3, -0.25) is 0 Å². The molecule has 2 atom stereocenters. The highest BCUT2D eigenvalue weighted by atomic mass is 16.6. The molecule has 0 bridgehead atoms. The van der Waals surface area contributed by atoms with E-state index in [1.807, 2.05) is 13.8 Å². The third-order valence-corrected chi connectivity index (χ3v) is 2.31. The first-order valence-corrected chi connectivity index (χ1v) is 6.18. The quantitative estimate of drug-likeness (QED) is 0.642. The van der Waals surface area contributed by atoms with Crippen molar-refractivity contribution in [3.05, 3.63) is 0 Å². The van der Waals surface area contributed by atoms with Crippen LogP contribution >= 0.6 is 0 Å². The Morgan fingerprint density at radius 2 is 1.79 bits per heavy atom. The van der Waals surface area contributed by atoms with E-state index in [1.165, 1.54) is 0 Å². The number of nitrogens with two attached hydrogens (primary N) is 1. The molecule has 0 aromatic heterocycles. The fourth-order valence-corrected chi connectivity index (χ4v) is 1.64. The Balaban J connectivity index is 4.40. The summed E-state index contributed by atoms with van der Waals surface area (Å²) >= 11 is 0. The van der Waals surface area contributed by atoms with Gasteiger partial charge in [0, 0.05) is 11.5 Å².